The number of hydrogen-bond donors (Lipinski definition) is 1. The van der Waals surface area contributed by atoms with Crippen LogP contribution in [0.25, 0.3) is 0 Å². The molecule has 0 spiro atoms. The summed E-state index contributed by atoms with van der Waals surface area (Å²) in [6.07, 6.45) is 4.68. The van der Waals surface area contributed by atoms with E-state index < -0.39 is 36.5 Å². The number of carbonyl (C=O) groups is 2. The molecule has 4 aromatic rings. The van der Waals surface area contributed by atoms with E-state index in [1.165, 1.54) is 54.6 Å². The number of aromatic nitrogens is 1. The maximum atomic E-state index is 13.8. The first kappa shape index (κ1) is 38.6. The summed E-state index contributed by atoms with van der Waals surface area (Å²) < 4.78 is 63.4. The minimum atomic E-state index is -3.09. The number of benzene rings is 3. The van der Waals surface area contributed by atoms with Crippen LogP contribution in [0.15, 0.2) is 79.1 Å². The van der Waals surface area contributed by atoms with E-state index in [1.54, 1.807) is 12.1 Å². The topological polar surface area (TPSA) is 113 Å². The Morgan fingerprint density at radius 2 is 1.58 bits per heavy atom. The quantitative estimate of drug-likeness (QED) is 0.0725. The first-order chi connectivity index (χ1) is 26.5. The molecule has 3 atom stereocenters. The summed E-state index contributed by atoms with van der Waals surface area (Å²) in [5.41, 5.74) is 1.82. The molecule has 290 valence electrons. The van der Waals surface area contributed by atoms with E-state index in [1.807, 2.05) is 0 Å². The van der Waals surface area contributed by atoms with E-state index >= 15 is 0 Å². The van der Waals surface area contributed by atoms with Crippen molar-refractivity contribution in [1.29, 1.82) is 0 Å². The second-order valence-corrected chi connectivity index (χ2v) is 14.9. The number of anilines is 1. The molecule has 10 nitrogen and oxygen atoms in total. The van der Waals surface area contributed by atoms with Gasteiger partial charge in [0, 0.05) is 24.2 Å². The Bertz CT molecular complexity index is 1970. The van der Waals surface area contributed by atoms with Crippen LogP contribution in [0.2, 0.25) is 10.0 Å². The molecule has 8 rings (SSSR count). The number of carbonyl (C=O) groups excluding carboxylic acids is 2. The number of hydrogen-bond acceptors (Lipinski definition) is 9. The standard InChI is InChI=1S/C40H38Cl2F3N3O7/c41-31-19-48(51)20-32(42)30(31)18-34(27-7-12-33(55-40(44)45)35(17-27)52-22-23-1-2-23)53-38(49)26-5-10-29(11-6-26)46-37(25-3-8-28(43)9-4-25)39(50)54-36-21-47-15-13-24(36)14-16-47/h3-12,17,19-20,23-24,34,36-37,40,46H,1-2,13-16,18,21-22H2/t34?,36-,37?/m0/s1. The van der Waals surface area contributed by atoms with Crippen LogP contribution in [0, 0.1) is 22.9 Å². The highest BCUT2D eigenvalue weighted by Crippen LogP contribution is 2.38. The highest BCUT2D eigenvalue weighted by atomic mass is 35.5. The van der Waals surface area contributed by atoms with E-state index in [4.69, 9.17) is 37.4 Å². The molecule has 1 saturated carbocycles. The van der Waals surface area contributed by atoms with Gasteiger partial charge < -0.3 is 29.5 Å². The number of rotatable bonds is 15. The molecule has 4 fully saturated rings. The maximum Gasteiger partial charge on any atom is 0.387 e. The Morgan fingerprint density at radius 3 is 2.20 bits per heavy atom. The van der Waals surface area contributed by atoms with Crippen LogP contribution in [0.3, 0.4) is 0 Å². The van der Waals surface area contributed by atoms with Gasteiger partial charge in [-0.05, 0) is 110 Å². The minimum Gasteiger partial charge on any atom is -0.619 e. The highest BCUT2D eigenvalue weighted by Gasteiger charge is 2.38. The van der Waals surface area contributed by atoms with Crippen LogP contribution in [0.5, 0.6) is 11.5 Å². The first-order valence-corrected chi connectivity index (χ1v) is 18.8. The largest absolute Gasteiger partial charge is 0.619 e. The Hall–Kier alpha value is -4.72. The molecule has 1 aromatic heterocycles. The van der Waals surface area contributed by atoms with Crippen LogP contribution in [-0.2, 0) is 20.7 Å². The van der Waals surface area contributed by atoms with Gasteiger partial charge in [0.25, 0.3) is 0 Å². The monoisotopic (exact) mass is 799 g/mol. The fourth-order valence-corrected chi connectivity index (χ4v) is 7.52. The molecular weight excluding hydrogens is 762 g/mol. The highest BCUT2D eigenvalue weighted by molar-refractivity contribution is 6.35. The average molecular weight is 801 g/mol. The Balaban J connectivity index is 1.11. The summed E-state index contributed by atoms with van der Waals surface area (Å²) in [7, 11) is 0. The third-order valence-corrected chi connectivity index (χ3v) is 10.8. The fourth-order valence-electron chi connectivity index (χ4n) is 6.92. The molecule has 1 N–H and O–H groups in total. The van der Waals surface area contributed by atoms with E-state index in [0.29, 0.717) is 52.1 Å². The molecule has 0 radical (unpaired) electrons. The van der Waals surface area contributed by atoms with Crippen molar-refractivity contribution in [3.8, 4) is 11.5 Å². The van der Waals surface area contributed by atoms with Crippen LogP contribution in [0.4, 0.5) is 18.9 Å². The van der Waals surface area contributed by atoms with Gasteiger partial charge in [-0.1, -0.05) is 41.4 Å². The summed E-state index contributed by atoms with van der Waals surface area (Å²) in [6.45, 7) is -0.146. The normalized spacial score (nSPS) is 20.1. The number of nitrogens with one attached hydrogen (secondary N) is 1. The van der Waals surface area contributed by atoms with Crippen LogP contribution in [-0.4, -0.2) is 55.8 Å². The van der Waals surface area contributed by atoms with Crippen LogP contribution < -0.4 is 19.5 Å². The van der Waals surface area contributed by atoms with Crippen molar-refractivity contribution in [3.63, 3.8) is 0 Å². The van der Waals surface area contributed by atoms with Crippen molar-refractivity contribution in [2.24, 2.45) is 11.8 Å². The second kappa shape index (κ2) is 17.0. The predicted molar refractivity (Wildman–Crippen MR) is 197 cm³/mol. The van der Waals surface area contributed by atoms with Gasteiger partial charge in [-0.15, -0.1) is 0 Å². The van der Waals surface area contributed by atoms with Crippen molar-refractivity contribution in [1.82, 2.24) is 4.90 Å². The number of alkyl halides is 2. The van der Waals surface area contributed by atoms with Gasteiger partial charge in [-0.2, -0.15) is 13.5 Å². The number of nitrogens with zero attached hydrogens (tertiary/aromatic N) is 2. The predicted octanol–water partition coefficient (Wildman–Crippen LogP) is 8.09. The molecule has 2 unspecified atom stereocenters. The first-order valence-electron chi connectivity index (χ1n) is 18.0. The van der Waals surface area contributed by atoms with Gasteiger partial charge in [-0.3, -0.25) is 4.90 Å². The van der Waals surface area contributed by atoms with E-state index in [-0.39, 0.29) is 39.6 Å². The van der Waals surface area contributed by atoms with Crippen molar-refractivity contribution in [2.75, 3.05) is 31.6 Å². The molecule has 1 aliphatic carbocycles. The Kier molecular flexibility index (Phi) is 11.9. The molecule has 3 saturated heterocycles. The number of esters is 2. The van der Waals surface area contributed by atoms with Gasteiger partial charge in [0.1, 0.15) is 28.1 Å². The zero-order valence-corrected chi connectivity index (χ0v) is 31.0. The summed E-state index contributed by atoms with van der Waals surface area (Å²) in [5, 5.41) is 15.2. The molecule has 3 aliphatic heterocycles. The summed E-state index contributed by atoms with van der Waals surface area (Å²) in [6, 6.07) is 15.1. The molecule has 2 bridgehead atoms. The van der Waals surface area contributed by atoms with E-state index in [0.717, 1.165) is 51.2 Å². The summed E-state index contributed by atoms with van der Waals surface area (Å²) >= 11 is 12.8. The lowest BCUT2D eigenvalue weighted by Crippen LogP contribution is -2.52. The lowest BCUT2D eigenvalue weighted by atomic mass is 9.86. The molecule has 3 aromatic carbocycles. The van der Waals surface area contributed by atoms with Crippen molar-refractivity contribution in [3.05, 3.63) is 122 Å². The van der Waals surface area contributed by atoms with Crippen molar-refractivity contribution < 1.29 is 46.4 Å². The van der Waals surface area contributed by atoms with Gasteiger partial charge in [0.2, 0.25) is 0 Å². The lowest BCUT2D eigenvalue weighted by Gasteiger charge is -2.44. The van der Waals surface area contributed by atoms with Crippen LogP contribution in [0.1, 0.15) is 64.9 Å². The number of fused-ring (bicyclic) bond motifs is 3. The van der Waals surface area contributed by atoms with Gasteiger partial charge in [0.05, 0.1) is 12.2 Å². The number of ether oxygens (including phenoxy) is 4. The summed E-state index contributed by atoms with van der Waals surface area (Å²) in [4.78, 5) is 29.6. The molecule has 4 heterocycles. The van der Waals surface area contributed by atoms with Gasteiger partial charge >= 0.3 is 18.6 Å². The van der Waals surface area contributed by atoms with E-state index in [2.05, 4.69) is 15.0 Å². The number of pyridine rings is 1. The molecule has 4 aliphatic rings. The van der Waals surface area contributed by atoms with Gasteiger partial charge in [-0.25, -0.2) is 14.0 Å². The summed E-state index contributed by atoms with van der Waals surface area (Å²) in [5.74, 6) is -1.23. The molecular formula is C40H38Cl2F3N3O7. The minimum absolute atomic E-state index is 0.0320. The van der Waals surface area contributed by atoms with Crippen LogP contribution >= 0.6 is 23.2 Å². The maximum absolute atomic E-state index is 13.8. The third-order valence-electron chi connectivity index (χ3n) is 10.2. The zero-order chi connectivity index (χ0) is 38.6. The van der Waals surface area contributed by atoms with E-state index in [9.17, 15) is 28.0 Å². The third kappa shape index (κ3) is 9.75. The average Bonchev–Trinajstić information content (AvgIpc) is 4.00. The SMILES string of the molecule is O=C(OC(Cc1c(Cl)c[n+]([O-])cc1Cl)c1ccc(OC(F)F)c(OCC2CC2)c1)c1ccc(NC(C(=O)O[C@H]2CN3CCC2CC3)c2ccc(F)cc2)cc1. The van der Waals surface area contributed by atoms with Crippen molar-refractivity contribution >= 4 is 40.8 Å². The second-order valence-electron chi connectivity index (χ2n) is 14.0. The smallest absolute Gasteiger partial charge is 0.387 e. The Labute approximate surface area is 325 Å². The zero-order valence-electron chi connectivity index (χ0n) is 29.5. The van der Waals surface area contributed by atoms with Gasteiger partial charge in [0.15, 0.2) is 29.9 Å². The Morgan fingerprint density at radius 1 is 0.909 bits per heavy atom. The molecule has 0 amide bonds. The number of piperidine rings is 3. The molecule has 55 heavy (non-hydrogen) atoms. The van der Waals surface area contributed by atoms with Crippen molar-refractivity contribution in [2.45, 2.75) is 57.0 Å². The lowest BCUT2D eigenvalue weighted by molar-refractivity contribution is -0.605. The fraction of sp³-hybridized carbons (Fsp3) is 0.375. The molecule has 15 heteroatoms. The number of halogens is 5.